The van der Waals surface area contributed by atoms with Gasteiger partial charge in [0.25, 0.3) is 0 Å². The number of aromatic nitrogens is 4. The van der Waals surface area contributed by atoms with Gasteiger partial charge in [-0.05, 0) is 76.0 Å². The molecule has 10 heteroatoms. The molecule has 3 aromatic heterocycles. The van der Waals surface area contributed by atoms with Gasteiger partial charge < -0.3 is 9.47 Å². The first kappa shape index (κ1) is 27.6. The number of rotatable bonds is 8. The summed E-state index contributed by atoms with van der Waals surface area (Å²) < 4.78 is 11.5. The molecule has 40 heavy (non-hydrogen) atoms. The summed E-state index contributed by atoms with van der Waals surface area (Å²) in [6.45, 7) is 8.55. The number of nitriles is 1. The lowest BCUT2D eigenvalue weighted by atomic mass is 9.96. The molecule has 5 rings (SSSR count). The maximum Gasteiger partial charge on any atom is 0.316 e. The molecular weight excluding hydrogens is 524 g/mol. The number of carbonyl (C=O) groups excluding carboxylic acids is 1. The van der Waals surface area contributed by atoms with E-state index in [1.54, 1.807) is 18.5 Å². The van der Waals surface area contributed by atoms with Crippen molar-refractivity contribution in [3.8, 4) is 12.1 Å². The minimum absolute atomic E-state index is 0.0297. The van der Waals surface area contributed by atoms with Crippen LogP contribution in [0.1, 0.15) is 61.4 Å². The average molecular weight is 557 g/mol. The minimum Gasteiger partial charge on any atom is -0.460 e. The lowest BCUT2D eigenvalue weighted by molar-refractivity contribution is -0.161. The van der Waals surface area contributed by atoms with Crippen molar-refractivity contribution in [1.82, 2.24) is 24.8 Å². The third-order valence-corrected chi connectivity index (χ3v) is 7.65. The summed E-state index contributed by atoms with van der Waals surface area (Å²) in [5.74, 6) is -0.749. The molecular formula is C30H32N6O3S. The van der Waals surface area contributed by atoms with Gasteiger partial charge in [0.2, 0.25) is 0 Å². The molecule has 4 heterocycles. The van der Waals surface area contributed by atoms with Gasteiger partial charge in [0, 0.05) is 18.9 Å². The van der Waals surface area contributed by atoms with E-state index in [9.17, 15) is 10.1 Å². The molecule has 1 unspecified atom stereocenters. The standard InChI is InChI=1S/C30H32N6O3S/c1-30(2,3)39-28(37)22-10-14-36(15-11-22)18-20-6-4-7-21(16-20)19-38-29-33-13-9-24(35-29)23(17-31)26-34-25-8-5-12-32-27(25)40-26/h4-9,12-13,16,22-23H,10-11,14-15,18-19H2,1-3H3. The van der Waals surface area contributed by atoms with Crippen molar-refractivity contribution in [3.05, 3.63) is 76.7 Å². The second kappa shape index (κ2) is 12.1. The summed E-state index contributed by atoms with van der Waals surface area (Å²) in [7, 11) is 0. The van der Waals surface area contributed by atoms with Crippen LogP contribution in [0.2, 0.25) is 0 Å². The molecule has 0 amide bonds. The summed E-state index contributed by atoms with van der Waals surface area (Å²) >= 11 is 1.39. The van der Waals surface area contributed by atoms with Gasteiger partial charge in [-0.25, -0.2) is 15.0 Å². The SMILES string of the molecule is CC(C)(C)OC(=O)C1CCN(Cc2cccc(COc3nccc(C(C#N)c4nc5cccnc5s4)n3)c2)CC1. The molecule has 1 aliphatic heterocycles. The second-order valence-electron chi connectivity index (χ2n) is 10.9. The normalized spacial score (nSPS) is 15.4. The van der Waals surface area contributed by atoms with Crippen LogP contribution in [0.5, 0.6) is 6.01 Å². The summed E-state index contributed by atoms with van der Waals surface area (Å²) in [5.41, 5.74) is 3.04. The Kier molecular flexibility index (Phi) is 8.33. The van der Waals surface area contributed by atoms with Crippen LogP contribution in [0.3, 0.4) is 0 Å². The quantitative estimate of drug-likeness (QED) is 0.268. The highest BCUT2D eigenvalue weighted by Gasteiger charge is 2.29. The molecule has 0 aliphatic carbocycles. The Morgan fingerprint density at radius 2 is 1.90 bits per heavy atom. The molecule has 206 valence electrons. The number of piperidine rings is 1. The van der Waals surface area contributed by atoms with Gasteiger partial charge in [-0.2, -0.15) is 10.2 Å². The molecule has 1 aromatic carbocycles. The predicted molar refractivity (Wildman–Crippen MR) is 152 cm³/mol. The fraction of sp³-hybridized carbons (Fsp3) is 0.400. The van der Waals surface area contributed by atoms with E-state index in [-0.39, 0.29) is 17.9 Å². The molecule has 0 saturated carbocycles. The number of esters is 1. The predicted octanol–water partition coefficient (Wildman–Crippen LogP) is 5.27. The van der Waals surface area contributed by atoms with E-state index in [1.807, 2.05) is 45.0 Å². The summed E-state index contributed by atoms with van der Waals surface area (Å²) in [6, 6.07) is 16.2. The maximum atomic E-state index is 12.4. The first-order chi connectivity index (χ1) is 19.3. The molecule has 9 nitrogen and oxygen atoms in total. The van der Waals surface area contributed by atoms with Crippen molar-refractivity contribution in [2.75, 3.05) is 13.1 Å². The number of hydrogen-bond acceptors (Lipinski definition) is 10. The molecule has 0 radical (unpaired) electrons. The fourth-order valence-electron chi connectivity index (χ4n) is 4.68. The van der Waals surface area contributed by atoms with E-state index < -0.39 is 11.5 Å². The van der Waals surface area contributed by atoms with Crippen molar-refractivity contribution in [1.29, 1.82) is 5.26 Å². The zero-order valence-electron chi connectivity index (χ0n) is 22.9. The second-order valence-corrected chi connectivity index (χ2v) is 11.9. The molecule has 1 fully saturated rings. The molecule has 1 atom stereocenters. The van der Waals surface area contributed by atoms with Gasteiger partial charge in [0.05, 0.1) is 17.7 Å². The Balaban J connectivity index is 1.17. The minimum atomic E-state index is -0.632. The number of ether oxygens (including phenoxy) is 2. The Labute approximate surface area is 237 Å². The average Bonchev–Trinajstić information content (AvgIpc) is 3.36. The van der Waals surface area contributed by atoms with Crippen LogP contribution in [0, 0.1) is 17.2 Å². The monoisotopic (exact) mass is 556 g/mol. The first-order valence-corrected chi connectivity index (χ1v) is 14.2. The van der Waals surface area contributed by atoms with Gasteiger partial charge in [-0.15, -0.1) is 0 Å². The van der Waals surface area contributed by atoms with E-state index in [0.29, 0.717) is 17.3 Å². The Hall–Kier alpha value is -3.94. The number of thiazole rings is 1. The van der Waals surface area contributed by atoms with E-state index in [0.717, 1.165) is 48.4 Å². The van der Waals surface area contributed by atoms with Gasteiger partial charge in [0.1, 0.15) is 33.5 Å². The topological polar surface area (TPSA) is 114 Å². The van der Waals surface area contributed by atoms with Gasteiger partial charge in [-0.1, -0.05) is 35.6 Å². The number of pyridine rings is 1. The van der Waals surface area contributed by atoms with Crippen LogP contribution in [0.4, 0.5) is 0 Å². The molecule has 0 bridgehead atoms. The highest BCUT2D eigenvalue weighted by molar-refractivity contribution is 7.18. The van der Waals surface area contributed by atoms with Gasteiger partial charge in [-0.3, -0.25) is 9.69 Å². The third kappa shape index (κ3) is 6.97. The molecule has 4 aromatic rings. The molecule has 1 saturated heterocycles. The number of hydrogen-bond donors (Lipinski definition) is 0. The first-order valence-electron chi connectivity index (χ1n) is 13.4. The summed E-state index contributed by atoms with van der Waals surface area (Å²) in [5, 5.41) is 10.5. The summed E-state index contributed by atoms with van der Waals surface area (Å²) in [4.78, 5) is 33.2. The molecule has 0 N–H and O–H groups in total. The zero-order valence-corrected chi connectivity index (χ0v) is 23.7. The smallest absolute Gasteiger partial charge is 0.316 e. The van der Waals surface area contributed by atoms with Crippen LogP contribution >= 0.6 is 11.3 Å². The van der Waals surface area contributed by atoms with Gasteiger partial charge >= 0.3 is 12.0 Å². The van der Waals surface area contributed by atoms with E-state index in [4.69, 9.17) is 9.47 Å². The Morgan fingerprint density at radius 3 is 2.65 bits per heavy atom. The fourth-order valence-corrected chi connectivity index (χ4v) is 5.64. The molecule has 1 aliphatic rings. The zero-order chi connectivity index (χ0) is 28.1. The molecule has 0 spiro atoms. The highest BCUT2D eigenvalue weighted by atomic mass is 32.1. The van der Waals surface area contributed by atoms with Crippen molar-refractivity contribution in [2.24, 2.45) is 5.92 Å². The highest BCUT2D eigenvalue weighted by Crippen LogP contribution is 2.30. The van der Waals surface area contributed by atoms with E-state index >= 15 is 0 Å². The lowest BCUT2D eigenvalue weighted by Crippen LogP contribution is -2.38. The van der Waals surface area contributed by atoms with Gasteiger partial charge in [0.15, 0.2) is 0 Å². The van der Waals surface area contributed by atoms with Crippen molar-refractivity contribution >= 4 is 27.7 Å². The largest absolute Gasteiger partial charge is 0.460 e. The van der Waals surface area contributed by atoms with Crippen LogP contribution < -0.4 is 4.74 Å². The van der Waals surface area contributed by atoms with Crippen LogP contribution in [0.15, 0.2) is 54.9 Å². The number of likely N-dealkylation sites (tertiary alicyclic amines) is 1. The maximum absolute atomic E-state index is 12.4. The van der Waals surface area contributed by atoms with Crippen molar-refractivity contribution in [3.63, 3.8) is 0 Å². The third-order valence-electron chi connectivity index (χ3n) is 6.60. The number of benzene rings is 1. The number of fused-ring (bicyclic) bond motifs is 1. The Bertz CT molecular complexity index is 1480. The van der Waals surface area contributed by atoms with Crippen molar-refractivity contribution in [2.45, 2.75) is 58.3 Å². The Morgan fingerprint density at radius 1 is 1.10 bits per heavy atom. The number of carbonyl (C=O) groups is 1. The number of nitrogens with zero attached hydrogens (tertiary/aromatic N) is 6. The van der Waals surface area contributed by atoms with Crippen molar-refractivity contribution < 1.29 is 14.3 Å². The lowest BCUT2D eigenvalue weighted by Gasteiger charge is -2.32. The van der Waals surface area contributed by atoms with Crippen LogP contribution in [-0.4, -0.2) is 49.5 Å². The van der Waals surface area contributed by atoms with Crippen LogP contribution in [0.25, 0.3) is 10.3 Å². The van der Waals surface area contributed by atoms with E-state index in [1.165, 1.54) is 16.9 Å². The summed E-state index contributed by atoms with van der Waals surface area (Å²) in [6.07, 6.45) is 4.93. The van der Waals surface area contributed by atoms with Crippen LogP contribution in [-0.2, 0) is 22.7 Å². The van der Waals surface area contributed by atoms with E-state index in [2.05, 4.69) is 43.0 Å².